The Bertz CT molecular complexity index is 511. The Morgan fingerprint density at radius 3 is 2.42 bits per heavy atom. The highest BCUT2D eigenvalue weighted by Crippen LogP contribution is 2.20. The second-order valence-electron chi connectivity index (χ2n) is 4.74. The zero-order valence-electron chi connectivity index (χ0n) is 11.5. The van der Waals surface area contributed by atoms with Crippen molar-refractivity contribution in [2.75, 3.05) is 4.90 Å². The molecule has 0 saturated heterocycles. The fourth-order valence-electron chi connectivity index (χ4n) is 2.03. The Labute approximate surface area is 114 Å². The maximum Gasteiger partial charge on any atom is 0.152 e. The first-order valence-corrected chi connectivity index (χ1v) is 6.53. The maximum atomic E-state index is 5.75. The van der Waals surface area contributed by atoms with Crippen molar-refractivity contribution in [2.24, 2.45) is 5.73 Å². The van der Waals surface area contributed by atoms with E-state index in [4.69, 9.17) is 5.73 Å². The Hall–Kier alpha value is -1.94. The lowest BCUT2D eigenvalue weighted by Gasteiger charge is -2.29. The van der Waals surface area contributed by atoms with Crippen LogP contribution in [0, 0.1) is 0 Å². The summed E-state index contributed by atoms with van der Waals surface area (Å²) in [7, 11) is 0. The van der Waals surface area contributed by atoms with Gasteiger partial charge in [-0.3, -0.25) is 4.98 Å². The molecule has 100 valence electrons. The molecule has 1 aromatic carbocycles. The van der Waals surface area contributed by atoms with Gasteiger partial charge >= 0.3 is 0 Å². The molecule has 0 spiro atoms. The first-order valence-electron chi connectivity index (χ1n) is 6.53. The summed E-state index contributed by atoms with van der Waals surface area (Å²) < 4.78 is 0. The lowest BCUT2D eigenvalue weighted by Crippen LogP contribution is -2.32. The standard InChI is InChI=1S/C15H20N4/c1-12(2)19(11-13-6-4-3-5-7-13)15-14(10-16)17-8-9-18-15/h3-9,12H,10-11,16H2,1-2H3. The molecule has 2 aromatic rings. The summed E-state index contributed by atoms with van der Waals surface area (Å²) >= 11 is 0. The van der Waals surface area contributed by atoms with E-state index in [9.17, 15) is 0 Å². The van der Waals surface area contributed by atoms with Gasteiger partial charge in [0.2, 0.25) is 0 Å². The molecule has 19 heavy (non-hydrogen) atoms. The van der Waals surface area contributed by atoms with E-state index in [2.05, 4.69) is 40.8 Å². The van der Waals surface area contributed by atoms with E-state index in [0.29, 0.717) is 12.6 Å². The summed E-state index contributed by atoms with van der Waals surface area (Å²) in [5.41, 5.74) is 7.85. The first kappa shape index (κ1) is 13.5. The van der Waals surface area contributed by atoms with Crippen LogP contribution in [0.1, 0.15) is 25.1 Å². The minimum atomic E-state index is 0.335. The van der Waals surface area contributed by atoms with Crippen LogP contribution in [0.3, 0.4) is 0 Å². The van der Waals surface area contributed by atoms with Crippen LogP contribution in [-0.4, -0.2) is 16.0 Å². The van der Waals surface area contributed by atoms with E-state index in [0.717, 1.165) is 18.1 Å². The highest BCUT2D eigenvalue weighted by molar-refractivity contribution is 5.44. The van der Waals surface area contributed by atoms with Gasteiger partial charge in [-0.05, 0) is 19.4 Å². The fourth-order valence-corrected chi connectivity index (χ4v) is 2.03. The molecule has 0 unspecified atom stereocenters. The van der Waals surface area contributed by atoms with Crippen molar-refractivity contribution in [3.8, 4) is 0 Å². The molecule has 0 atom stereocenters. The van der Waals surface area contributed by atoms with Crippen molar-refractivity contribution in [1.82, 2.24) is 9.97 Å². The molecule has 0 bridgehead atoms. The molecule has 0 aliphatic heterocycles. The molecular weight excluding hydrogens is 236 g/mol. The molecule has 2 N–H and O–H groups in total. The Kier molecular flexibility index (Phi) is 4.47. The lowest BCUT2D eigenvalue weighted by molar-refractivity contribution is 0.663. The third kappa shape index (κ3) is 3.29. The van der Waals surface area contributed by atoms with Gasteiger partial charge in [-0.15, -0.1) is 0 Å². The van der Waals surface area contributed by atoms with Crippen LogP contribution in [0.5, 0.6) is 0 Å². The molecule has 4 nitrogen and oxygen atoms in total. The highest BCUT2D eigenvalue weighted by Gasteiger charge is 2.16. The van der Waals surface area contributed by atoms with E-state index in [-0.39, 0.29) is 0 Å². The summed E-state index contributed by atoms with van der Waals surface area (Å²) in [5.74, 6) is 0.879. The normalized spacial score (nSPS) is 10.7. The lowest BCUT2D eigenvalue weighted by atomic mass is 10.2. The molecule has 0 radical (unpaired) electrons. The van der Waals surface area contributed by atoms with Crippen molar-refractivity contribution in [1.29, 1.82) is 0 Å². The van der Waals surface area contributed by atoms with E-state index in [1.165, 1.54) is 5.56 Å². The summed E-state index contributed by atoms with van der Waals surface area (Å²) in [5, 5.41) is 0. The van der Waals surface area contributed by atoms with E-state index in [1.807, 2.05) is 18.2 Å². The van der Waals surface area contributed by atoms with Crippen LogP contribution in [0.25, 0.3) is 0 Å². The predicted molar refractivity (Wildman–Crippen MR) is 77.7 cm³/mol. The van der Waals surface area contributed by atoms with Gasteiger partial charge < -0.3 is 10.6 Å². The number of hydrogen-bond acceptors (Lipinski definition) is 4. The molecule has 2 rings (SSSR count). The topological polar surface area (TPSA) is 55.0 Å². The Balaban J connectivity index is 2.30. The van der Waals surface area contributed by atoms with Crippen molar-refractivity contribution in [3.05, 3.63) is 54.0 Å². The molecule has 0 aliphatic rings. The molecular formula is C15H20N4. The zero-order chi connectivity index (χ0) is 13.7. The Morgan fingerprint density at radius 1 is 1.11 bits per heavy atom. The number of hydrogen-bond donors (Lipinski definition) is 1. The highest BCUT2D eigenvalue weighted by atomic mass is 15.2. The number of anilines is 1. The van der Waals surface area contributed by atoms with Crippen LogP contribution >= 0.6 is 0 Å². The van der Waals surface area contributed by atoms with Crippen LogP contribution in [0.15, 0.2) is 42.7 Å². The zero-order valence-corrected chi connectivity index (χ0v) is 11.5. The van der Waals surface area contributed by atoms with Gasteiger partial charge in [-0.2, -0.15) is 0 Å². The van der Waals surface area contributed by atoms with Gasteiger partial charge in [-0.1, -0.05) is 30.3 Å². The Morgan fingerprint density at radius 2 is 1.79 bits per heavy atom. The van der Waals surface area contributed by atoms with Crippen molar-refractivity contribution in [3.63, 3.8) is 0 Å². The quantitative estimate of drug-likeness (QED) is 0.892. The van der Waals surface area contributed by atoms with Crippen molar-refractivity contribution >= 4 is 5.82 Å². The molecule has 1 aromatic heterocycles. The molecule has 0 fully saturated rings. The monoisotopic (exact) mass is 256 g/mol. The summed E-state index contributed by atoms with van der Waals surface area (Å²) in [6.07, 6.45) is 3.40. The second-order valence-corrected chi connectivity index (χ2v) is 4.74. The third-order valence-corrected chi connectivity index (χ3v) is 3.04. The number of nitrogens with two attached hydrogens (primary N) is 1. The average Bonchev–Trinajstić information content (AvgIpc) is 2.45. The van der Waals surface area contributed by atoms with Crippen LogP contribution in [-0.2, 0) is 13.1 Å². The van der Waals surface area contributed by atoms with E-state index < -0.39 is 0 Å². The van der Waals surface area contributed by atoms with Gasteiger partial charge in [0.05, 0.1) is 5.69 Å². The molecule has 4 heteroatoms. The van der Waals surface area contributed by atoms with E-state index in [1.54, 1.807) is 12.4 Å². The van der Waals surface area contributed by atoms with E-state index >= 15 is 0 Å². The predicted octanol–water partition coefficient (Wildman–Crippen LogP) is 2.35. The van der Waals surface area contributed by atoms with Gasteiger partial charge in [0.1, 0.15) is 0 Å². The summed E-state index contributed by atoms with van der Waals surface area (Å²) in [6.45, 7) is 5.52. The minimum absolute atomic E-state index is 0.335. The van der Waals surface area contributed by atoms with Gasteiger partial charge in [0, 0.05) is 31.5 Å². The SMILES string of the molecule is CC(C)N(Cc1ccccc1)c1nccnc1CN. The van der Waals surface area contributed by atoms with Crippen LogP contribution < -0.4 is 10.6 Å². The average molecular weight is 256 g/mol. The van der Waals surface area contributed by atoms with Crippen LogP contribution in [0.4, 0.5) is 5.82 Å². The number of benzene rings is 1. The fraction of sp³-hybridized carbons (Fsp3) is 0.333. The number of rotatable bonds is 5. The van der Waals surface area contributed by atoms with Gasteiger partial charge in [-0.25, -0.2) is 4.98 Å². The molecule has 0 saturated carbocycles. The number of nitrogens with zero attached hydrogens (tertiary/aromatic N) is 3. The number of aromatic nitrogens is 2. The van der Waals surface area contributed by atoms with Gasteiger partial charge in [0.25, 0.3) is 0 Å². The van der Waals surface area contributed by atoms with Crippen LogP contribution in [0.2, 0.25) is 0 Å². The van der Waals surface area contributed by atoms with Gasteiger partial charge in [0.15, 0.2) is 5.82 Å². The summed E-state index contributed by atoms with van der Waals surface area (Å²) in [6, 6.07) is 10.7. The second kappa shape index (κ2) is 6.29. The molecule has 0 aliphatic carbocycles. The van der Waals surface area contributed by atoms with Crippen molar-refractivity contribution in [2.45, 2.75) is 33.0 Å². The summed E-state index contributed by atoms with van der Waals surface area (Å²) in [4.78, 5) is 11.0. The smallest absolute Gasteiger partial charge is 0.152 e. The molecule has 1 heterocycles. The largest absolute Gasteiger partial charge is 0.348 e. The first-order chi connectivity index (χ1) is 9.22. The minimum Gasteiger partial charge on any atom is -0.348 e. The third-order valence-electron chi connectivity index (χ3n) is 3.04. The molecule has 0 amide bonds. The van der Waals surface area contributed by atoms with Crippen molar-refractivity contribution < 1.29 is 0 Å². The maximum absolute atomic E-state index is 5.75.